The summed E-state index contributed by atoms with van der Waals surface area (Å²) in [4.78, 5) is 14.2. The number of nitrogens with zero attached hydrogens (tertiary/aromatic N) is 1. The summed E-state index contributed by atoms with van der Waals surface area (Å²) in [6.07, 6.45) is 2.02. The Labute approximate surface area is 166 Å². The van der Waals surface area contributed by atoms with Gasteiger partial charge in [0.2, 0.25) is 0 Å². The number of hydrogen-bond acceptors (Lipinski definition) is 5. The first-order valence-electron chi connectivity index (χ1n) is 9.39. The summed E-state index contributed by atoms with van der Waals surface area (Å²) in [6.45, 7) is 2.53. The van der Waals surface area contributed by atoms with Gasteiger partial charge in [-0.25, -0.2) is 4.79 Å². The number of carbonyl (C=O) groups is 1. The van der Waals surface area contributed by atoms with Gasteiger partial charge < -0.3 is 9.64 Å². The van der Waals surface area contributed by atoms with Crippen molar-refractivity contribution in [2.75, 3.05) is 13.2 Å². The van der Waals surface area contributed by atoms with E-state index in [1.165, 1.54) is 12.1 Å². The highest BCUT2D eigenvalue weighted by atomic mass is 32.2. The second-order valence-electron chi connectivity index (χ2n) is 6.93. The van der Waals surface area contributed by atoms with Gasteiger partial charge in [0, 0.05) is 6.54 Å². The molecule has 1 unspecified atom stereocenters. The van der Waals surface area contributed by atoms with Crippen molar-refractivity contribution < 1.29 is 22.1 Å². The van der Waals surface area contributed by atoms with Gasteiger partial charge in [-0.15, -0.1) is 0 Å². The standard InChI is InChI=1S/C21H25NO5S/c1-17-10-12-20(13-11-17)28(24,25)27-16-19-9-5-6-14-22(19)21(23)26-15-18-7-3-2-4-8-18/h2-4,7-8,10-13,19H,5-6,9,14-16H2,1H3. The van der Waals surface area contributed by atoms with Gasteiger partial charge in [0.1, 0.15) is 6.61 Å². The van der Waals surface area contributed by atoms with Crippen LogP contribution in [0, 0.1) is 6.92 Å². The number of rotatable bonds is 6. The molecule has 0 radical (unpaired) electrons. The Morgan fingerprint density at radius 1 is 1.07 bits per heavy atom. The predicted octanol–water partition coefficient (Wildman–Crippen LogP) is 3.89. The van der Waals surface area contributed by atoms with Gasteiger partial charge in [-0.05, 0) is 43.9 Å². The molecule has 1 amide bonds. The van der Waals surface area contributed by atoms with Crippen LogP contribution in [0.3, 0.4) is 0 Å². The quantitative estimate of drug-likeness (QED) is 0.684. The topological polar surface area (TPSA) is 72.9 Å². The van der Waals surface area contributed by atoms with Crippen LogP contribution in [-0.2, 0) is 25.6 Å². The Morgan fingerprint density at radius 3 is 2.50 bits per heavy atom. The van der Waals surface area contributed by atoms with Crippen molar-refractivity contribution in [3.8, 4) is 0 Å². The summed E-state index contributed by atoms with van der Waals surface area (Å²) in [5, 5.41) is 0. The van der Waals surface area contributed by atoms with Crippen LogP contribution in [0.4, 0.5) is 4.79 Å². The summed E-state index contributed by atoms with van der Waals surface area (Å²) in [6, 6.07) is 15.6. The second kappa shape index (κ2) is 9.21. The highest BCUT2D eigenvalue weighted by molar-refractivity contribution is 7.86. The van der Waals surface area contributed by atoms with Gasteiger partial charge in [0.25, 0.3) is 10.1 Å². The van der Waals surface area contributed by atoms with Crippen molar-refractivity contribution in [3.05, 3.63) is 65.7 Å². The van der Waals surface area contributed by atoms with Gasteiger partial charge in [0.05, 0.1) is 17.5 Å². The molecule has 150 valence electrons. The van der Waals surface area contributed by atoms with E-state index in [0.29, 0.717) is 13.0 Å². The molecular weight excluding hydrogens is 378 g/mol. The van der Waals surface area contributed by atoms with Gasteiger partial charge in [-0.3, -0.25) is 4.18 Å². The Balaban J connectivity index is 1.59. The van der Waals surface area contributed by atoms with Crippen LogP contribution in [-0.4, -0.2) is 38.6 Å². The first-order valence-corrected chi connectivity index (χ1v) is 10.8. The van der Waals surface area contributed by atoms with Gasteiger partial charge in [0.15, 0.2) is 0 Å². The van der Waals surface area contributed by atoms with Crippen LogP contribution >= 0.6 is 0 Å². The molecule has 0 bridgehead atoms. The monoisotopic (exact) mass is 403 g/mol. The summed E-state index contributed by atoms with van der Waals surface area (Å²) in [7, 11) is -3.86. The minimum atomic E-state index is -3.86. The first-order chi connectivity index (χ1) is 13.5. The zero-order valence-electron chi connectivity index (χ0n) is 15.9. The maximum atomic E-state index is 12.5. The molecule has 0 spiro atoms. The molecule has 1 heterocycles. The predicted molar refractivity (Wildman–Crippen MR) is 105 cm³/mol. The van der Waals surface area contributed by atoms with Crippen LogP contribution in [0.1, 0.15) is 30.4 Å². The van der Waals surface area contributed by atoms with Crippen LogP contribution in [0.5, 0.6) is 0 Å². The molecule has 2 aromatic rings. The van der Waals surface area contributed by atoms with E-state index >= 15 is 0 Å². The van der Waals surface area contributed by atoms with Gasteiger partial charge in [-0.1, -0.05) is 48.0 Å². The number of piperidine rings is 1. The van der Waals surface area contributed by atoms with E-state index in [4.69, 9.17) is 8.92 Å². The first kappa shape index (κ1) is 20.4. The lowest BCUT2D eigenvalue weighted by Gasteiger charge is -2.34. The van der Waals surface area contributed by atoms with Gasteiger partial charge >= 0.3 is 6.09 Å². The van der Waals surface area contributed by atoms with Crippen molar-refractivity contribution in [2.24, 2.45) is 0 Å². The molecule has 7 heteroatoms. The van der Waals surface area contributed by atoms with Crippen molar-refractivity contribution in [1.82, 2.24) is 4.90 Å². The molecule has 28 heavy (non-hydrogen) atoms. The van der Waals surface area contributed by atoms with E-state index in [1.54, 1.807) is 17.0 Å². The molecular formula is C21H25NO5S. The fraction of sp³-hybridized carbons (Fsp3) is 0.381. The lowest BCUT2D eigenvalue weighted by molar-refractivity contribution is 0.0546. The molecule has 1 fully saturated rings. The van der Waals surface area contributed by atoms with E-state index in [2.05, 4.69) is 0 Å². The second-order valence-corrected chi connectivity index (χ2v) is 8.55. The molecule has 0 saturated carbocycles. The third-order valence-corrected chi connectivity index (χ3v) is 6.09. The highest BCUT2D eigenvalue weighted by Gasteiger charge is 2.30. The summed E-state index contributed by atoms with van der Waals surface area (Å²) in [5.41, 5.74) is 1.88. The summed E-state index contributed by atoms with van der Waals surface area (Å²) >= 11 is 0. The number of aryl methyl sites for hydroxylation is 1. The largest absolute Gasteiger partial charge is 0.445 e. The number of carbonyl (C=O) groups excluding carboxylic acids is 1. The zero-order valence-corrected chi connectivity index (χ0v) is 16.7. The van der Waals surface area contributed by atoms with E-state index in [9.17, 15) is 13.2 Å². The number of likely N-dealkylation sites (tertiary alicyclic amines) is 1. The molecule has 6 nitrogen and oxygen atoms in total. The SMILES string of the molecule is Cc1ccc(S(=O)(=O)OCC2CCCCN2C(=O)OCc2ccccc2)cc1. The maximum absolute atomic E-state index is 12.5. The van der Waals surface area contributed by atoms with E-state index in [0.717, 1.165) is 24.0 Å². The van der Waals surface area contributed by atoms with E-state index < -0.39 is 16.2 Å². The lowest BCUT2D eigenvalue weighted by atomic mass is 10.0. The third kappa shape index (κ3) is 5.33. The summed E-state index contributed by atoms with van der Waals surface area (Å²) < 4.78 is 35.5. The minimum Gasteiger partial charge on any atom is -0.445 e. The molecule has 1 atom stereocenters. The molecule has 1 aliphatic rings. The van der Waals surface area contributed by atoms with Crippen LogP contribution < -0.4 is 0 Å². The Bertz CT molecular complexity index is 881. The Hall–Kier alpha value is -2.38. The number of ether oxygens (including phenoxy) is 1. The normalized spacial score (nSPS) is 17.3. The number of benzene rings is 2. The average molecular weight is 404 g/mol. The van der Waals surface area contributed by atoms with Crippen LogP contribution in [0.15, 0.2) is 59.5 Å². The van der Waals surface area contributed by atoms with Crippen molar-refractivity contribution in [2.45, 2.75) is 43.7 Å². The number of hydrogen-bond donors (Lipinski definition) is 0. The molecule has 3 rings (SSSR count). The van der Waals surface area contributed by atoms with Crippen molar-refractivity contribution in [3.63, 3.8) is 0 Å². The summed E-state index contributed by atoms with van der Waals surface area (Å²) in [5.74, 6) is 0. The minimum absolute atomic E-state index is 0.0728. The molecule has 0 N–H and O–H groups in total. The Morgan fingerprint density at radius 2 is 1.79 bits per heavy atom. The van der Waals surface area contributed by atoms with Crippen LogP contribution in [0.2, 0.25) is 0 Å². The van der Waals surface area contributed by atoms with E-state index in [-0.39, 0.29) is 24.2 Å². The van der Waals surface area contributed by atoms with E-state index in [1.807, 2.05) is 37.3 Å². The third-order valence-electron chi connectivity index (χ3n) is 4.79. The average Bonchev–Trinajstić information content (AvgIpc) is 2.72. The molecule has 0 aromatic heterocycles. The highest BCUT2D eigenvalue weighted by Crippen LogP contribution is 2.21. The van der Waals surface area contributed by atoms with Gasteiger partial charge in [-0.2, -0.15) is 8.42 Å². The molecule has 0 aliphatic carbocycles. The molecule has 1 aliphatic heterocycles. The fourth-order valence-corrected chi connectivity index (χ4v) is 4.10. The Kier molecular flexibility index (Phi) is 6.70. The smallest absolute Gasteiger partial charge is 0.410 e. The van der Waals surface area contributed by atoms with Crippen LogP contribution in [0.25, 0.3) is 0 Å². The number of amides is 1. The zero-order chi connectivity index (χ0) is 20.0. The maximum Gasteiger partial charge on any atom is 0.410 e. The van der Waals surface area contributed by atoms with Crippen molar-refractivity contribution in [1.29, 1.82) is 0 Å². The lowest BCUT2D eigenvalue weighted by Crippen LogP contribution is -2.46. The molecule has 1 saturated heterocycles. The van der Waals surface area contributed by atoms with Crippen molar-refractivity contribution >= 4 is 16.2 Å². The fourth-order valence-electron chi connectivity index (χ4n) is 3.16. The molecule has 2 aromatic carbocycles.